The van der Waals surface area contributed by atoms with Crippen LogP contribution in [0, 0.1) is 5.92 Å². The van der Waals surface area contributed by atoms with Gasteiger partial charge in [0.15, 0.2) is 0 Å². The highest BCUT2D eigenvalue weighted by Gasteiger charge is 2.33. The van der Waals surface area contributed by atoms with Gasteiger partial charge in [0, 0.05) is 21.0 Å². The molecule has 0 bridgehead atoms. The molecule has 1 aliphatic heterocycles. The van der Waals surface area contributed by atoms with Crippen molar-refractivity contribution >= 4 is 33.7 Å². The predicted molar refractivity (Wildman–Crippen MR) is 64.4 cm³/mol. The molecule has 4 heteroatoms. The quantitative estimate of drug-likeness (QED) is 0.906. The van der Waals surface area contributed by atoms with Crippen LogP contribution in [0.15, 0.2) is 27.6 Å². The van der Waals surface area contributed by atoms with E-state index < -0.39 is 5.97 Å². The SMILES string of the molecule is CC(C(=O)O)C1CSc2cccc(Br)c21. The molecular formula is C11H11BrO2S. The first-order valence-electron chi connectivity index (χ1n) is 4.75. The van der Waals surface area contributed by atoms with E-state index in [1.54, 1.807) is 18.7 Å². The maximum absolute atomic E-state index is 11.0. The molecule has 1 heterocycles. The molecular weight excluding hydrogens is 276 g/mol. The van der Waals surface area contributed by atoms with Crippen molar-refractivity contribution in [2.24, 2.45) is 5.92 Å². The van der Waals surface area contributed by atoms with Crippen molar-refractivity contribution in [3.63, 3.8) is 0 Å². The number of carboxylic acid groups (broad SMARTS) is 1. The maximum Gasteiger partial charge on any atom is 0.306 e. The molecule has 1 aromatic carbocycles. The summed E-state index contributed by atoms with van der Waals surface area (Å²) in [4.78, 5) is 12.2. The monoisotopic (exact) mass is 286 g/mol. The van der Waals surface area contributed by atoms with E-state index in [-0.39, 0.29) is 11.8 Å². The molecule has 0 saturated heterocycles. The van der Waals surface area contributed by atoms with Gasteiger partial charge >= 0.3 is 5.97 Å². The fourth-order valence-electron chi connectivity index (χ4n) is 1.83. The molecule has 2 unspecified atom stereocenters. The number of hydrogen-bond donors (Lipinski definition) is 1. The fraction of sp³-hybridized carbons (Fsp3) is 0.364. The highest BCUT2D eigenvalue weighted by Crippen LogP contribution is 2.46. The van der Waals surface area contributed by atoms with Crippen molar-refractivity contribution in [1.29, 1.82) is 0 Å². The van der Waals surface area contributed by atoms with E-state index in [1.165, 1.54) is 4.90 Å². The minimum absolute atomic E-state index is 0.123. The van der Waals surface area contributed by atoms with Crippen molar-refractivity contribution < 1.29 is 9.90 Å². The van der Waals surface area contributed by atoms with Crippen molar-refractivity contribution in [2.45, 2.75) is 17.7 Å². The lowest BCUT2D eigenvalue weighted by molar-refractivity contribution is -0.141. The van der Waals surface area contributed by atoms with E-state index in [1.807, 2.05) is 12.1 Å². The van der Waals surface area contributed by atoms with Crippen LogP contribution in [0.5, 0.6) is 0 Å². The molecule has 80 valence electrons. The molecule has 2 rings (SSSR count). The molecule has 15 heavy (non-hydrogen) atoms. The lowest BCUT2D eigenvalue weighted by atomic mass is 9.89. The molecule has 1 aromatic rings. The molecule has 1 aliphatic rings. The van der Waals surface area contributed by atoms with Gasteiger partial charge in [-0.25, -0.2) is 0 Å². The van der Waals surface area contributed by atoms with Gasteiger partial charge in [-0.05, 0) is 17.7 Å². The van der Waals surface area contributed by atoms with Gasteiger partial charge in [0.05, 0.1) is 5.92 Å². The number of halogens is 1. The van der Waals surface area contributed by atoms with Crippen molar-refractivity contribution in [2.75, 3.05) is 5.75 Å². The number of thioether (sulfide) groups is 1. The Hall–Kier alpha value is -0.480. The first-order chi connectivity index (χ1) is 7.11. The zero-order valence-corrected chi connectivity index (χ0v) is 10.6. The van der Waals surface area contributed by atoms with Gasteiger partial charge < -0.3 is 5.11 Å². The number of aliphatic carboxylic acids is 1. The molecule has 2 atom stereocenters. The van der Waals surface area contributed by atoms with Gasteiger partial charge in [0.1, 0.15) is 0 Å². The molecule has 0 radical (unpaired) electrons. The second-order valence-electron chi connectivity index (χ2n) is 3.70. The Morgan fingerprint density at radius 3 is 3.07 bits per heavy atom. The minimum atomic E-state index is -0.718. The van der Waals surface area contributed by atoms with Crippen LogP contribution in [-0.4, -0.2) is 16.8 Å². The number of carboxylic acids is 1. The summed E-state index contributed by atoms with van der Waals surface area (Å²) in [5.74, 6) is -0.0504. The van der Waals surface area contributed by atoms with Gasteiger partial charge in [-0.1, -0.05) is 28.9 Å². The van der Waals surface area contributed by atoms with Crippen LogP contribution in [0.25, 0.3) is 0 Å². The van der Waals surface area contributed by atoms with Crippen LogP contribution in [0.3, 0.4) is 0 Å². The number of carbonyl (C=O) groups is 1. The average Bonchev–Trinajstić information content (AvgIpc) is 2.61. The van der Waals surface area contributed by atoms with Crippen LogP contribution >= 0.6 is 27.7 Å². The molecule has 0 saturated carbocycles. The normalized spacial score (nSPS) is 21.1. The summed E-state index contributed by atoms with van der Waals surface area (Å²) in [7, 11) is 0. The number of rotatable bonds is 2. The van der Waals surface area contributed by atoms with Crippen LogP contribution in [0.2, 0.25) is 0 Å². The summed E-state index contributed by atoms with van der Waals surface area (Å²) in [5.41, 5.74) is 1.16. The topological polar surface area (TPSA) is 37.3 Å². The van der Waals surface area contributed by atoms with Crippen molar-refractivity contribution in [3.8, 4) is 0 Å². The Kier molecular flexibility index (Phi) is 3.07. The molecule has 0 fully saturated rings. The Labute approximate surface area is 101 Å². The lowest BCUT2D eigenvalue weighted by Crippen LogP contribution is -2.19. The molecule has 0 amide bonds. The summed E-state index contributed by atoms with van der Waals surface area (Å²) in [6.45, 7) is 1.78. The van der Waals surface area contributed by atoms with Crippen molar-refractivity contribution in [3.05, 3.63) is 28.2 Å². The predicted octanol–water partition coefficient (Wildman–Crippen LogP) is 3.36. The molecule has 0 spiro atoms. The summed E-state index contributed by atoms with van der Waals surface area (Å²) < 4.78 is 1.03. The Morgan fingerprint density at radius 1 is 1.67 bits per heavy atom. The van der Waals surface area contributed by atoms with E-state index in [2.05, 4.69) is 22.0 Å². The Bertz CT molecular complexity index is 406. The third-order valence-electron chi connectivity index (χ3n) is 2.80. The van der Waals surface area contributed by atoms with Gasteiger partial charge in [0.2, 0.25) is 0 Å². The third-order valence-corrected chi connectivity index (χ3v) is 4.68. The first-order valence-corrected chi connectivity index (χ1v) is 6.53. The van der Waals surface area contributed by atoms with Crippen LogP contribution in [-0.2, 0) is 4.79 Å². The van der Waals surface area contributed by atoms with Gasteiger partial charge in [-0.2, -0.15) is 0 Å². The molecule has 0 aromatic heterocycles. The van der Waals surface area contributed by atoms with Gasteiger partial charge in [-0.3, -0.25) is 4.79 Å². The fourth-order valence-corrected chi connectivity index (χ4v) is 4.03. The second-order valence-corrected chi connectivity index (χ2v) is 5.61. The zero-order chi connectivity index (χ0) is 11.0. The van der Waals surface area contributed by atoms with Crippen LogP contribution < -0.4 is 0 Å². The average molecular weight is 287 g/mol. The number of fused-ring (bicyclic) bond motifs is 1. The van der Waals surface area contributed by atoms with E-state index in [9.17, 15) is 4.79 Å². The second kappa shape index (κ2) is 4.18. The zero-order valence-electron chi connectivity index (χ0n) is 8.24. The highest BCUT2D eigenvalue weighted by atomic mass is 79.9. The summed E-state index contributed by atoms with van der Waals surface area (Å²) >= 11 is 5.24. The lowest BCUT2D eigenvalue weighted by Gasteiger charge is -2.16. The maximum atomic E-state index is 11.0. The van der Waals surface area contributed by atoms with Gasteiger partial charge in [-0.15, -0.1) is 11.8 Å². The van der Waals surface area contributed by atoms with Crippen molar-refractivity contribution in [1.82, 2.24) is 0 Å². The summed E-state index contributed by atoms with van der Waals surface area (Å²) in [5, 5.41) is 9.03. The van der Waals surface area contributed by atoms with Crippen LogP contribution in [0.1, 0.15) is 18.4 Å². The standard InChI is InChI=1S/C11H11BrO2S/c1-6(11(13)14)7-5-15-9-4-2-3-8(12)10(7)9/h2-4,6-7H,5H2,1H3,(H,13,14). The molecule has 2 nitrogen and oxygen atoms in total. The highest BCUT2D eigenvalue weighted by molar-refractivity contribution is 9.10. The Morgan fingerprint density at radius 2 is 2.40 bits per heavy atom. The third kappa shape index (κ3) is 1.93. The van der Waals surface area contributed by atoms with Gasteiger partial charge in [0.25, 0.3) is 0 Å². The van der Waals surface area contributed by atoms with E-state index in [0.717, 1.165) is 15.8 Å². The summed E-state index contributed by atoms with van der Waals surface area (Å²) in [6.07, 6.45) is 0. The Balaban J connectivity index is 2.39. The first kappa shape index (κ1) is 11.0. The molecule has 0 aliphatic carbocycles. The molecule has 1 N–H and O–H groups in total. The number of hydrogen-bond acceptors (Lipinski definition) is 2. The largest absolute Gasteiger partial charge is 0.481 e. The van der Waals surface area contributed by atoms with Crippen LogP contribution in [0.4, 0.5) is 0 Å². The number of benzene rings is 1. The smallest absolute Gasteiger partial charge is 0.306 e. The van der Waals surface area contributed by atoms with E-state index in [4.69, 9.17) is 5.11 Å². The summed E-state index contributed by atoms with van der Waals surface area (Å²) in [6, 6.07) is 6.02. The van der Waals surface area contributed by atoms with E-state index in [0.29, 0.717) is 0 Å². The minimum Gasteiger partial charge on any atom is -0.481 e. The van der Waals surface area contributed by atoms with E-state index >= 15 is 0 Å².